The molecule has 2 rings (SSSR count). The Hall–Kier alpha value is -0.570. The number of esters is 1. The molecule has 1 saturated carbocycles. The molecule has 1 aliphatic heterocycles. The molecule has 1 aliphatic carbocycles. The summed E-state index contributed by atoms with van der Waals surface area (Å²) in [6.45, 7) is 2.09. The van der Waals surface area contributed by atoms with Crippen molar-refractivity contribution in [2.24, 2.45) is 5.92 Å². The van der Waals surface area contributed by atoms with Crippen molar-refractivity contribution < 1.29 is 14.6 Å². The average Bonchev–Trinajstić information content (AvgIpc) is 2.43. The Kier molecular flexibility index (Phi) is 1.65. The van der Waals surface area contributed by atoms with Crippen LogP contribution >= 0.6 is 0 Å². The minimum Gasteiger partial charge on any atom is -0.456 e. The SMILES string of the molecule is CC1CC(O)C2(CCC(=O)O2)C1. The van der Waals surface area contributed by atoms with Gasteiger partial charge in [-0.3, -0.25) is 4.79 Å². The van der Waals surface area contributed by atoms with Crippen LogP contribution in [0.25, 0.3) is 0 Å². The van der Waals surface area contributed by atoms with Gasteiger partial charge in [-0.2, -0.15) is 0 Å². The molecule has 1 heterocycles. The van der Waals surface area contributed by atoms with Crippen LogP contribution in [-0.2, 0) is 9.53 Å². The van der Waals surface area contributed by atoms with Crippen LogP contribution in [0.15, 0.2) is 0 Å². The Morgan fingerprint density at radius 1 is 1.67 bits per heavy atom. The van der Waals surface area contributed by atoms with Crippen molar-refractivity contribution >= 4 is 5.97 Å². The third kappa shape index (κ3) is 1.04. The molecule has 2 aliphatic rings. The normalized spacial score (nSPS) is 47.0. The molecule has 0 aromatic rings. The first-order valence-electron chi connectivity index (χ1n) is 4.52. The van der Waals surface area contributed by atoms with Gasteiger partial charge in [0, 0.05) is 12.8 Å². The molecule has 0 amide bonds. The van der Waals surface area contributed by atoms with Crippen molar-refractivity contribution in [1.29, 1.82) is 0 Å². The topological polar surface area (TPSA) is 46.5 Å². The lowest BCUT2D eigenvalue weighted by Gasteiger charge is -2.25. The Bertz CT molecular complexity index is 214. The zero-order chi connectivity index (χ0) is 8.77. The van der Waals surface area contributed by atoms with Gasteiger partial charge in [0.1, 0.15) is 5.60 Å². The summed E-state index contributed by atoms with van der Waals surface area (Å²) >= 11 is 0. The minimum atomic E-state index is -0.503. The van der Waals surface area contributed by atoms with Crippen LogP contribution in [0.4, 0.5) is 0 Å². The van der Waals surface area contributed by atoms with Crippen LogP contribution in [0.1, 0.15) is 32.6 Å². The van der Waals surface area contributed by atoms with Gasteiger partial charge in [-0.1, -0.05) is 6.92 Å². The second kappa shape index (κ2) is 2.46. The summed E-state index contributed by atoms with van der Waals surface area (Å²) in [7, 11) is 0. The zero-order valence-corrected chi connectivity index (χ0v) is 7.25. The highest BCUT2D eigenvalue weighted by Crippen LogP contribution is 2.44. The van der Waals surface area contributed by atoms with Crippen molar-refractivity contribution in [2.75, 3.05) is 0 Å². The van der Waals surface area contributed by atoms with E-state index in [1.165, 1.54) is 0 Å². The number of ether oxygens (including phenoxy) is 1. The van der Waals surface area contributed by atoms with Gasteiger partial charge in [-0.05, 0) is 18.8 Å². The van der Waals surface area contributed by atoms with E-state index in [0.717, 1.165) is 12.8 Å². The van der Waals surface area contributed by atoms with E-state index in [9.17, 15) is 9.90 Å². The number of hydrogen-bond acceptors (Lipinski definition) is 3. The number of aliphatic hydroxyl groups is 1. The summed E-state index contributed by atoms with van der Waals surface area (Å²) in [5.74, 6) is 0.328. The smallest absolute Gasteiger partial charge is 0.306 e. The third-order valence-electron chi connectivity index (χ3n) is 3.00. The highest BCUT2D eigenvalue weighted by Gasteiger charge is 2.51. The molecule has 1 saturated heterocycles. The second-order valence-corrected chi connectivity index (χ2v) is 4.10. The molecular formula is C9H14O3. The van der Waals surface area contributed by atoms with E-state index in [2.05, 4.69) is 6.92 Å². The van der Waals surface area contributed by atoms with Gasteiger partial charge < -0.3 is 9.84 Å². The highest BCUT2D eigenvalue weighted by molar-refractivity contribution is 5.72. The number of carbonyl (C=O) groups excluding carboxylic acids is 1. The van der Waals surface area contributed by atoms with Crippen molar-refractivity contribution in [3.05, 3.63) is 0 Å². The van der Waals surface area contributed by atoms with Crippen LogP contribution in [0.2, 0.25) is 0 Å². The number of rotatable bonds is 0. The Balaban J connectivity index is 2.16. The van der Waals surface area contributed by atoms with E-state index in [1.807, 2.05) is 0 Å². The molecule has 0 bridgehead atoms. The van der Waals surface area contributed by atoms with Crippen LogP contribution < -0.4 is 0 Å². The summed E-state index contributed by atoms with van der Waals surface area (Å²) in [6.07, 6.45) is 2.35. The van der Waals surface area contributed by atoms with E-state index in [1.54, 1.807) is 0 Å². The molecule has 12 heavy (non-hydrogen) atoms. The van der Waals surface area contributed by atoms with Gasteiger partial charge in [-0.25, -0.2) is 0 Å². The summed E-state index contributed by atoms with van der Waals surface area (Å²) in [5.41, 5.74) is -0.503. The largest absolute Gasteiger partial charge is 0.456 e. The zero-order valence-electron chi connectivity index (χ0n) is 7.25. The average molecular weight is 170 g/mol. The van der Waals surface area contributed by atoms with Crippen molar-refractivity contribution in [3.63, 3.8) is 0 Å². The summed E-state index contributed by atoms with van der Waals surface area (Å²) < 4.78 is 5.20. The summed E-state index contributed by atoms with van der Waals surface area (Å²) in [5, 5.41) is 9.69. The molecule has 2 fully saturated rings. The lowest BCUT2D eigenvalue weighted by molar-refractivity contribution is -0.155. The highest BCUT2D eigenvalue weighted by atomic mass is 16.6. The van der Waals surface area contributed by atoms with Gasteiger partial charge in [0.05, 0.1) is 6.10 Å². The molecule has 3 nitrogen and oxygen atoms in total. The van der Waals surface area contributed by atoms with E-state index in [0.29, 0.717) is 18.8 Å². The van der Waals surface area contributed by atoms with Crippen molar-refractivity contribution in [3.8, 4) is 0 Å². The van der Waals surface area contributed by atoms with Crippen LogP contribution in [-0.4, -0.2) is 22.8 Å². The quantitative estimate of drug-likeness (QED) is 0.548. The van der Waals surface area contributed by atoms with E-state index in [-0.39, 0.29) is 5.97 Å². The van der Waals surface area contributed by atoms with E-state index < -0.39 is 11.7 Å². The fraction of sp³-hybridized carbons (Fsp3) is 0.889. The van der Waals surface area contributed by atoms with Crippen LogP contribution in [0, 0.1) is 5.92 Å². The van der Waals surface area contributed by atoms with Gasteiger partial charge in [0.2, 0.25) is 0 Å². The summed E-state index contributed by atoms with van der Waals surface area (Å²) in [6, 6.07) is 0. The Labute approximate surface area is 71.7 Å². The van der Waals surface area contributed by atoms with E-state index in [4.69, 9.17) is 4.74 Å². The Morgan fingerprint density at radius 3 is 2.83 bits per heavy atom. The molecule has 1 N–H and O–H groups in total. The lowest BCUT2D eigenvalue weighted by atomic mass is 9.95. The molecule has 0 aromatic heterocycles. The van der Waals surface area contributed by atoms with Gasteiger partial charge in [0.15, 0.2) is 0 Å². The van der Waals surface area contributed by atoms with Gasteiger partial charge in [0.25, 0.3) is 0 Å². The molecule has 3 unspecified atom stereocenters. The lowest BCUT2D eigenvalue weighted by Crippen LogP contribution is -2.36. The number of hydrogen-bond donors (Lipinski definition) is 1. The first kappa shape index (κ1) is 8.05. The molecule has 3 heteroatoms. The monoisotopic (exact) mass is 170 g/mol. The fourth-order valence-electron chi connectivity index (χ4n) is 2.43. The van der Waals surface area contributed by atoms with Crippen LogP contribution in [0.3, 0.4) is 0 Å². The predicted octanol–water partition coefficient (Wildman–Crippen LogP) is 0.853. The number of aliphatic hydroxyl groups excluding tert-OH is 1. The van der Waals surface area contributed by atoms with Crippen LogP contribution in [0.5, 0.6) is 0 Å². The standard InChI is InChI=1S/C9H14O3/c1-6-4-7(10)9(5-6)3-2-8(11)12-9/h6-7,10H,2-5H2,1H3. The third-order valence-corrected chi connectivity index (χ3v) is 3.00. The molecule has 3 atom stereocenters. The molecule has 0 radical (unpaired) electrons. The first-order chi connectivity index (χ1) is 5.62. The maximum atomic E-state index is 10.9. The maximum absolute atomic E-state index is 10.9. The minimum absolute atomic E-state index is 0.150. The van der Waals surface area contributed by atoms with E-state index >= 15 is 0 Å². The second-order valence-electron chi connectivity index (χ2n) is 4.10. The van der Waals surface area contributed by atoms with Gasteiger partial charge >= 0.3 is 5.97 Å². The van der Waals surface area contributed by atoms with Crippen molar-refractivity contribution in [2.45, 2.75) is 44.3 Å². The molecule has 0 aromatic carbocycles. The predicted molar refractivity (Wildman–Crippen MR) is 42.5 cm³/mol. The molecular weight excluding hydrogens is 156 g/mol. The molecule has 1 spiro atoms. The Morgan fingerprint density at radius 2 is 2.42 bits per heavy atom. The first-order valence-corrected chi connectivity index (χ1v) is 4.52. The number of carbonyl (C=O) groups is 1. The molecule has 68 valence electrons. The van der Waals surface area contributed by atoms with Crippen molar-refractivity contribution in [1.82, 2.24) is 0 Å². The summed E-state index contributed by atoms with van der Waals surface area (Å²) in [4.78, 5) is 10.9. The van der Waals surface area contributed by atoms with Gasteiger partial charge in [-0.15, -0.1) is 0 Å². The fourth-order valence-corrected chi connectivity index (χ4v) is 2.43. The maximum Gasteiger partial charge on any atom is 0.306 e.